The normalized spacial score (nSPS) is 15.0. The van der Waals surface area contributed by atoms with Gasteiger partial charge in [-0.25, -0.2) is 21.9 Å². The summed E-state index contributed by atoms with van der Waals surface area (Å²) in [5.74, 6) is -2.89. The molecule has 0 saturated carbocycles. The van der Waals surface area contributed by atoms with Crippen LogP contribution in [0.4, 0.5) is 14.5 Å². The second kappa shape index (κ2) is 9.11. The number of hydrogen-bond acceptors (Lipinski definition) is 4. The Kier molecular flexibility index (Phi) is 6.71. The van der Waals surface area contributed by atoms with Crippen molar-refractivity contribution in [2.75, 3.05) is 25.5 Å². The molecule has 3 rings (SSSR count). The number of anilines is 1. The molecule has 1 fully saturated rings. The van der Waals surface area contributed by atoms with Crippen molar-refractivity contribution >= 4 is 27.5 Å². The maximum atomic E-state index is 13.9. The number of benzene rings is 2. The second-order valence-corrected chi connectivity index (χ2v) is 9.22. The maximum Gasteiger partial charge on any atom is 0.256 e. The highest BCUT2D eigenvalue weighted by atomic mass is 32.2. The van der Waals surface area contributed by atoms with Gasteiger partial charge in [-0.3, -0.25) is 9.59 Å². The zero-order valence-corrected chi connectivity index (χ0v) is 17.9. The number of sulfonamides is 1. The summed E-state index contributed by atoms with van der Waals surface area (Å²) in [7, 11) is -2.35. The summed E-state index contributed by atoms with van der Waals surface area (Å²) in [6.45, 7) is 2.16. The zero-order chi connectivity index (χ0) is 22.8. The predicted octanol–water partition coefficient (Wildman–Crippen LogP) is 2.67. The van der Waals surface area contributed by atoms with E-state index in [1.165, 1.54) is 18.0 Å². The first kappa shape index (κ1) is 22.8. The largest absolute Gasteiger partial charge is 0.339 e. The number of piperidine rings is 1. The van der Waals surface area contributed by atoms with Gasteiger partial charge in [-0.2, -0.15) is 0 Å². The number of nitrogens with zero attached hydrogens (tertiary/aromatic N) is 1. The van der Waals surface area contributed by atoms with E-state index in [4.69, 9.17) is 0 Å². The molecule has 2 aromatic carbocycles. The Morgan fingerprint density at radius 1 is 1.06 bits per heavy atom. The highest BCUT2D eigenvalue weighted by molar-refractivity contribution is 7.89. The van der Waals surface area contributed by atoms with Crippen LogP contribution in [0.1, 0.15) is 28.8 Å². The van der Waals surface area contributed by atoms with E-state index >= 15 is 0 Å². The Bertz CT molecular complexity index is 1110. The van der Waals surface area contributed by atoms with Gasteiger partial charge in [0.05, 0.1) is 10.5 Å². The topological polar surface area (TPSA) is 95.6 Å². The summed E-state index contributed by atoms with van der Waals surface area (Å²) in [5.41, 5.74) is 0.700. The van der Waals surface area contributed by atoms with Crippen LogP contribution in [-0.4, -0.2) is 45.3 Å². The number of rotatable bonds is 5. The van der Waals surface area contributed by atoms with Gasteiger partial charge in [0.2, 0.25) is 15.9 Å². The molecule has 166 valence electrons. The summed E-state index contributed by atoms with van der Waals surface area (Å²) >= 11 is 0. The molecule has 0 unspecified atom stereocenters. The van der Waals surface area contributed by atoms with Crippen molar-refractivity contribution in [1.82, 2.24) is 9.62 Å². The lowest BCUT2D eigenvalue weighted by Gasteiger charge is -2.31. The summed E-state index contributed by atoms with van der Waals surface area (Å²) < 4.78 is 53.4. The molecule has 0 aromatic heterocycles. The first-order chi connectivity index (χ1) is 14.6. The van der Waals surface area contributed by atoms with Gasteiger partial charge in [-0.15, -0.1) is 0 Å². The maximum absolute atomic E-state index is 13.9. The molecule has 1 aliphatic rings. The van der Waals surface area contributed by atoms with Gasteiger partial charge in [-0.05, 0) is 56.6 Å². The molecule has 2 amide bonds. The summed E-state index contributed by atoms with van der Waals surface area (Å²) in [6, 6.07) is 7.43. The average molecular weight is 451 g/mol. The number of hydrogen-bond donors (Lipinski definition) is 2. The molecule has 0 aliphatic carbocycles. The van der Waals surface area contributed by atoms with Crippen molar-refractivity contribution in [3.63, 3.8) is 0 Å². The van der Waals surface area contributed by atoms with Crippen molar-refractivity contribution in [1.29, 1.82) is 0 Å². The molecule has 1 saturated heterocycles. The number of amides is 2. The standard InChI is InChI=1S/C21H23F2N3O4S/c1-13-3-5-16(12-19(13)31(29,30)24-2)25-20(27)14-7-9-26(10-8-14)21(28)17-6-4-15(22)11-18(17)23/h3-6,11-12,14,24H,7-10H2,1-2H3,(H,25,27). The van der Waals surface area contributed by atoms with Gasteiger partial charge in [0.15, 0.2) is 0 Å². The molecule has 31 heavy (non-hydrogen) atoms. The van der Waals surface area contributed by atoms with Gasteiger partial charge < -0.3 is 10.2 Å². The second-order valence-electron chi connectivity index (χ2n) is 7.37. The van der Waals surface area contributed by atoms with E-state index in [1.807, 2.05) is 0 Å². The summed E-state index contributed by atoms with van der Waals surface area (Å²) in [6.07, 6.45) is 0.738. The minimum absolute atomic E-state index is 0.0783. The van der Waals surface area contributed by atoms with Crippen molar-refractivity contribution in [2.24, 2.45) is 5.92 Å². The predicted molar refractivity (Wildman–Crippen MR) is 111 cm³/mol. The van der Waals surface area contributed by atoms with Crippen molar-refractivity contribution < 1.29 is 26.8 Å². The molecule has 0 spiro atoms. The molecule has 10 heteroatoms. The minimum Gasteiger partial charge on any atom is -0.339 e. The van der Waals surface area contributed by atoms with Gasteiger partial charge in [-0.1, -0.05) is 6.07 Å². The first-order valence-corrected chi connectivity index (χ1v) is 11.2. The Balaban J connectivity index is 1.63. The van der Waals surface area contributed by atoms with Crippen molar-refractivity contribution in [2.45, 2.75) is 24.7 Å². The average Bonchev–Trinajstić information content (AvgIpc) is 2.74. The van der Waals surface area contributed by atoms with Crippen molar-refractivity contribution in [3.8, 4) is 0 Å². The molecule has 0 atom stereocenters. The number of halogens is 2. The van der Waals surface area contributed by atoms with Gasteiger partial charge in [0, 0.05) is 30.8 Å². The fraction of sp³-hybridized carbons (Fsp3) is 0.333. The smallest absolute Gasteiger partial charge is 0.256 e. The molecule has 7 nitrogen and oxygen atoms in total. The van der Waals surface area contributed by atoms with E-state index in [-0.39, 0.29) is 35.4 Å². The third-order valence-corrected chi connectivity index (χ3v) is 6.88. The minimum atomic E-state index is -3.66. The van der Waals surface area contributed by atoms with Crippen molar-refractivity contribution in [3.05, 3.63) is 59.2 Å². The van der Waals surface area contributed by atoms with Crippen LogP contribution in [-0.2, 0) is 14.8 Å². The van der Waals surface area contributed by atoms with Crippen LogP contribution in [0.15, 0.2) is 41.3 Å². The van der Waals surface area contributed by atoms with Crippen LogP contribution in [0.3, 0.4) is 0 Å². The SMILES string of the molecule is CNS(=O)(=O)c1cc(NC(=O)C2CCN(C(=O)c3ccc(F)cc3F)CC2)ccc1C. The number of likely N-dealkylation sites (tertiary alicyclic amines) is 1. The van der Waals surface area contributed by atoms with E-state index in [1.54, 1.807) is 19.1 Å². The highest BCUT2D eigenvalue weighted by Crippen LogP contribution is 2.24. The molecule has 0 bridgehead atoms. The molecule has 1 heterocycles. The van der Waals surface area contributed by atoms with Crippen LogP contribution < -0.4 is 10.0 Å². The van der Waals surface area contributed by atoms with E-state index in [2.05, 4.69) is 10.0 Å². The third-order valence-electron chi connectivity index (χ3n) is 5.33. The molecular formula is C21H23F2N3O4S. The fourth-order valence-electron chi connectivity index (χ4n) is 3.50. The van der Waals surface area contributed by atoms with Crippen LogP contribution >= 0.6 is 0 Å². The quantitative estimate of drug-likeness (QED) is 0.731. The molecular weight excluding hydrogens is 428 g/mol. The molecule has 2 N–H and O–H groups in total. The number of aryl methyl sites for hydroxylation is 1. The first-order valence-electron chi connectivity index (χ1n) is 9.72. The fourth-order valence-corrected chi connectivity index (χ4v) is 4.49. The van der Waals surface area contributed by atoms with E-state index < -0.39 is 27.6 Å². The monoisotopic (exact) mass is 451 g/mol. The van der Waals surface area contributed by atoms with Crippen LogP contribution in [0.5, 0.6) is 0 Å². The Hall–Kier alpha value is -2.85. The van der Waals surface area contributed by atoms with Crippen LogP contribution in [0, 0.1) is 24.5 Å². The Morgan fingerprint density at radius 3 is 2.35 bits per heavy atom. The number of nitrogens with one attached hydrogen (secondary N) is 2. The highest BCUT2D eigenvalue weighted by Gasteiger charge is 2.29. The molecule has 2 aromatic rings. The lowest BCUT2D eigenvalue weighted by atomic mass is 9.95. The summed E-state index contributed by atoms with van der Waals surface area (Å²) in [4.78, 5) is 26.6. The van der Waals surface area contributed by atoms with Gasteiger partial charge in [0.1, 0.15) is 11.6 Å². The lowest BCUT2D eigenvalue weighted by Crippen LogP contribution is -2.41. The van der Waals surface area contributed by atoms with E-state index in [0.29, 0.717) is 30.2 Å². The lowest BCUT2D eigenvalue weighted by molar-refractivity contribution is -0.121. The zero-order valence-electron chi connectivity index (χ0n) is 17.1. The number of carbonyl (C=O) groups excluding carboxylic acids is 2. The van der Waals surface area contributed by atoms with Gasteiger partial charge >= 0.3 is 0 Å². The van der Waals surface area contributed by atoms with E-state index in [0.717, 1.165) is 12.1 Å². The Morgan fingerprint density at radius 2 is 1.74 bits per heavy atom. The molecule has 0 radical (unpaired) electrons. The third kappa shape index (κ3) is 5.08. The van der Waals surface area contributed by atoms with Crippen LogP contribution in [0.25, 0.3) is 0 Å². The summed E-state index contributed by atoms with van der Waals surface area (Å²) in [5, 5.41) is 2.73. The Labute approximate surface area is 179 Å². The van der Waals surface area contributed by atoms with E-state index in [9.17, 15) is 26.8 Å². The van der Waals surface area contributed by atoms with Gasteiger partial charge in [0.25, 0.3) is 5.91 Å². The van der Waals surface area contributed by atoms with Crippen LogP contribution in [0.2, 0.25) is 0 Å². The number of carbonyl (C=O) groups is 2. The molecule has 1 aliphatic heterocycles.